The Labute approximate surface area is 164 Å². The average Bonchev–Trinajstić information content (AvgIpc) is 2.62. The lowest BCUT2D eigenvalue weighted by atomic mass is 9.95. The zero-order valence-corrected chi connectivity index (χ0v) is 16.3. The quantitative estimate of drug-likeness (QED) is 0.770. The van der Waals surface area contributed by atoms with Crippen LogP contribution in [0.3, 0.4) is 0 Å². The number of benzene rings is 1. The molecule has 3 rings (SSSR count). The molecule has 0 bridgehead atoms. The van der Waals surface area contributed by atoms with E-state index in [9.17, 15) is 13.2 Å². The Balaban J connectivity index is 0.00000261. The average molecular weight is 413 g/mol. The summed E-state index contributed by atoms with van der Waals surface area (Å²) in [5.74, 6) is 0.266. The summed E-state index contributed by atoms with van der Waals surface area (Å²) in [6.07, 6.45) is 6.12. The van der Waals surface area contributed by atoms with Crippen molar-refractivity contribution in [1.82, 2.24) is 15.3 Å². The molecule has 146 valence electrons. The van der Waals surface area contributed by atoms with Gasteiger partial charge in [-0.1, -0.05) is 6.07 Å². The first-order chi connectivity index (χ1) is 12.4. The van der Waals surface area contributed by atoms with Crippen molar-refractivity contribution in [3.8, 4) is 11.6 Å². The van der Waals surface area contributed by atoms with Crippen molar-refractivity contribution >= 4 is 33.8 Å². The zero-order valence-electron chi connectivity index (χ0n) is 14.7. The molecule has 10 heteroatoms. The van der Waals surface area contributed by atoms with Gasteiger partial charge in [0.25, 0.3) is 0 Å². The van der Waals surface area contributed by atoms with Crippen molar-refractivity contribution in [2.45, 2.75) is 17.6 Å². The molecule has 2 aromatic rings. The van der Waals surface area contributed by atoms with E-state index in [-0.39, 0.29) is 25.2 Å². The third-order valence-electron chi connectivity index (χ3n) is 4.39. The Morgan fingerprint density at radius 2 is 2.00 bits per heavy atom. The van der Waals surface area contributed by atoms with Crippen LogP contribution >= 0.6 is 12.4 Å². The number of sulfone groups is 1. The van der Waals surface area contributed by atoms with Crippen LogP contribution in [0.15, 0.2) is 42.9 Å². The van der Waals surface area contributed by atoms with Crippen LogP contribution in [-0.2, 0) is 14.6 Å². The zero-order chi connectivity index (χ0) is 18.6. The second-order valence-corrected chi connectivity index (χ2v) is 8.47. The lowest BCUT2D eigenvalue weighted by Crippen LogP contribution is -2.55. The molecule has 0 radical (unpaired) electrons. The molecule has 0 unspecified atom stereocenters. The molecular weight excluding hydrogens is 392 g/mol. The molecule has 0 spiro atoms. The van der Waals surface area contributed by atoms with Gasteiger partial charge in [-0.3, -0.25) is 9.78 Å². The molecule has 0 atom stereocenters. The third kappa shape index (κ3) is 4.74. The second-order valence-electron chi connectivity index (χ2n) is 6.14. The molecule has 1 aliphatic heterocycles. The summed E-state index contributed by atoms with van der Waals surface area (Å²) in [6, 6.07) is 6.71. The van der Waals surface area contributed by atoms with Gasteiger partial charge >= 0.3 is 0 Å². The summed E-state index contributed by atoms with van der Waals surface area (Å²) in [5, 5.41) is 5.81. The van der Waals surface area contributed by atoms with Crippen LogP contribution in [-0.4, -0.2) is 48.4 Å². The van der Waals surface area contributed by atoms with Gasteiger partial charge in [-0.25, -0.2) is 13.4 Å². The van der Waals surface area contributed by atoms with E-state index in [1.165, 1.54) is 18.6 Å². The Morgan fingerprint density at radius 1 is 1.26 bits per heavy atom. The first kappa shape index (κ1) is 21.1. The van der Waals surface area contributed by atoms with Crippen molar-refractivity contribution in [1.29, 1.82) is 0 Å². The predicted octanol–water partition coefficient (Wildman–Crippen LogP) is 1.80. The van der Waals surface area contributed by atoms with Gasteiger partial charge in [0.15, 0.2) is 14.6 Å². The van der Waals surface area contributed by atoms with E-state index in [0.29, 0.717) is 30.4 Å². The molecule has 0 saturated carbocycles. The number of hydrogen-bond donors (Lipinski definition) is 2. The molecule has 8 nitrogen and oxygen atoms in total. The Hall–Kier alpha value is -2.23. The molecule has 1 fully saturated rings. The lowest BCUT2D eigenvalue weighted by molar-refractivity contribution is -0.119. The van der Waals surface area contributed by atoms with E-state index in [0.717, 1.165) is 6.26 Å². The second kappa shape index (κ2) is 8.64. The van der Waals surface area contributed by atoms with Crippen LogP contribution in [0.5, 0.6) is 11.6 Å². The number of anilines is 1. The summed E-state index contributed by atoms with van der Waals surface area (Å²) in [7, 11) is -3.57. The maximum atomic E-state index is 12.8. The molecule has 1 amide bonds. The van der Waals surface area contributed by atoms with Crippen LogP contribution in [0.1, 0.15) is 12.8 Å². The minimum Gasteiger partial charge on any atom is -0.437 e. The van der Waals surface area contributed by atoms with Crippen molar-refractivity contribution < 1.29 is 17.9 Å². The number of carbonyl (C=O) groups excluding carboxylic acids is 1. The fraction of sp³-hybridized carbons (Fsp3) is 0.353. The van der Waals surface area contributed by atoms with Gasteiger partial charge in [0, 0.05) is 30.4 Å². The van der Waals surface area contributed by atoms with Gasteiger partial charge < -0.3 is 15.4 Å². The highest BCUT2D eigenvalue weighted by molar-refractivity contribution is 7.92. The van der Waals surface area contributed by atoms with Gasteiger partial charge in [-0.15, -0.1) is 12.4 Å². The summed E-state index contributed by atoms with van der Waals surface area (Å²) >= 11 is 0. The Kier molecular flexibility index (Phi) is 6.74. The third-order valence-corrected chi connectivity index (χ3v) is 6.40. The number of piperidine rings is 1. The van der Waals surface area contributed by atoms with Crippen LogP contribution < -0.4 is 15.4 Å². The Morgan fingerprint density at radius 3 is 2.63 bits per heavy atom. The number of amides is 1. The van der Waals surface area contributed by atoms with Crippen LogP contribution in [0.4, 0.5) is 5.69 Å². The monoisotopic (exact) mass is 412 g/mol. The van der Waals surface area contributed by atoms with E-state index >= 15 is 0 Å². The SMILES string of the molecule is CS(=O)(=O)C1(C(=O)Nc2cccc(Oc3cnccn3)c2)CCNCC1.Cl. The molecule has 1 saturated heterocycles. The maximum Gasteiger partial charge on any atom is 0.245 e. The number of nitrogens with zero attached hydrogens (tertiary/aromatic N) is 2. The highest BCUT2D eigenvalue weighted by Gasteiger charge is 2.48. The van der Waals surface area contributed by atoms with Crippen LogP contribution in [0, 0.1) is 0 Å². The van der Waals surface area contributed by atoms with Crippen molar-refractivity contribution in [2.75, 3.05) is 24.7 Å². The maximum absolute atomic E-state index is 12.8. The van der Waals surface area contributed by atoms with Gasteiger partial charge in [0.05, 0.1) is 6.20 Å². The molecule has 0 aliphatic carbocycles. The first-order valence-corrected chi connectivity index (χ1v) is 10.1. The smallest absolute Gasteiger partial charge is 0.245 e. The molecular formula is C17H21ClN4O4S. The normalized spacial score (nSPS) is 16.0. The fourth-order valence-electron chi connectivity index (χ4n) is 2.94. The minimum atomic E-state index is -3.57. The molecule has 2 N–H and O–H groups in total. The van der Waals surface area contributed by atoms with E-state index < -0.39 is 20.5 Å². The van der Waals surface area contributed by atoms with Crippen molar-refractivity contribution in [3.63, 3.8) is 0 Å². The minimum absolute atomic E-state index is 0. The van der Waals surface area contributed by atoms with Gasteiger partial charge in [-0.05, 0) is 38.1 Å². The van der Waals surface area contributed by atoms with E-state index in [2.05, 4.69) is 20.6 Å². The first-order valence-electron chi connectivity index (χ1n) is 8.16. The van der Waals surface area contributed by atoms with Gasteiger partial charge in [0.2, 0.25) is 11.8 Å². The van der Waals surface area contributed by atoms with Gasteiger partial charge in [-0.2, -0.15) is 0 Å². The van der Waals surface area contributed by atoms with Gasteiger partial charge in [0.1, 0.15) is 5.75 Å². The number of halogens is 1. The summed E-state index contributed by atoms with van der Waals surface area (Å²) < 4.78 is 28.8. The number of ether oxygens (including phenoxy) is 1. The standard InChI is InChI=1S/C17H20N4O4S.ClH/c1-26(23,24)17(5-7-18-8-6-17)16(22)21-13-3-2-4-14(11-13)25-15-12-19-9-10-20-15;/h2-4,9-12,18H,5-8H2,1H3,(H,21,22);1H. The van der Waals surface area contributed by atoms with Crippen molar-refractivity contribution in [2.24, 2.45) is 0 Å². The summed E-state index contributed by atoms with van der Waals surface area (Å²) in [6.45, 7) is 0.965. The number of hydrogen-bond acceptors (Lipinski definition) is 7. The van der Waals surface area contributed by atoms with E-state index in [1.807, 2.05) is 0 Å². The summed E-state index contributed by atoms with van der Waals surface area (Å²) in [5.41, 5.74) is 0.456. The summed E-state index contributed by atoms with van der Waals surface area (Å²) in [4.78, 5) is 20.8. The number of rotatable bonds is 5. The molecule has 27 heavy (non-hydrogen) atoms. The fourth-order valence-corrected chi connectivity index (χ4v) is 4.27. The van der Waals surface area contributed by atoms with Crippen molar-refractivity contribution in [3.05, 3.63) is 42.9 Å². The van der Waals surface area contributed by atoms with E-state index in [1.54, 1.807) is 24.3 Å². The molecule has 2 heterocycles. The molecule has 1 aromatic carbocycles. The van der Waals surface area contributed by atoms with E-state index in [4.69, 9.17) is 4.74 Å². The lowest BCUT2D eigenvalue weighted by Gasteiger charge is -2.34. The number of nitrogens with one attached hydrogen (secondary N) is 2. The Bertz CT molecular complexity index is 887. The number of carbonyl (C=O) groups is 1. The predicted molar refractivity (Wildman–Crippen MR) is 104 cm³/mol. The van der Waals surface area contributed by atoms with Crippen LogP contribution in [0.2, 0.25) is 0 Å². The highest BCUT2D eigenvalue weighted by Crippen LogP contribution is 2.30. The number of aromatic nitrogens is 2. The topological polar surface area (TPSA) is 110 Å². The molecule has 1 aliphatic rings. The van der Waals surface area contributed by atoms with Crippen LogP contribution in [0.25, 0.3) is 0 Å². The largest absolute Gasteiger partial charge is 0.437 e. The molecule has 1 aromatic heterocycles. The highest BCUT2D eigenvalue weighted by atomic mass is 35.5.